The number of amides is 1. The lowest BCUT2D eigenvalue weighted by molar-refractivity contribution is -0.123. The summed E-state index contributed by atoms with van der Waals surface area (Å²) in [7, 11) is 1.53. The van der Waals surface area contributed by atoms with Gasteiger partial charge in [0.2, 0.25) is 5.91 Å². The summed E-state index contributed by atoms with van der Waals surface area (Å²) in [6.45, 7) is 6.91. The first kappa shape index (κ1) is 17.9. The lowest BCUT2D eigenvalue weighted by Gasteiger charge is -2.15. The molecule has 1 rings (SSSR count). The Morgan fingerprint density at radius 2 is 1.84 bits per heavy atom. The Labute approximate surface area is 121 Å². The maximum atomic E-state index is 11.7. The number of hydrogen-bond donors (Lipinski definition) is 2. The minimum absolute atomic E-state index is 0. The molecular formula is C14H23ClN2O2. The highest BCUT2D eigenvalue weighted by Gasteiger charge is 2.13. The molecule has 0 saturated carbocycles. The fourth-order valence-corrected chi connectivity index (χ4v) is 2.05. The van der Waals surface area contributed by atoms with Gasteiger partial charge in [-0.1, -0.05) is 17.7 Å². The number of halogens is 1. The van der Waals surface area contributed by atoms with Crippen molar-refractivity contribution < 1.29 is 9.53 Å². The smallest absolute Gasteiger partial charge is 0.239 e. The van der Waals surface area contributed by atoms with Crippen LogP contribution in [0.5, 0.6) is 0 Å². The second-order valence-electron chi connectivity index (χ2n) is 4.66. The zero-order valence-corrected chi connectivity index (χ0v) is 12.8. The third kappa shape index (κ3) is 5.19. The van der Waals surface area contributed by atoms with Crippen molar-refractivity contribution in [3.8, 4) is 0 Å². The summed E-state index contributed by atoms with van der Waals surface area (Å²) in [6.07, 6.45) is 0. The van der Waals surface area contributed by atoms with Crippen LogP contribution in [0.4, 0.5) is 0 Å². The minimum atomic E-state index is -0.610. The molecule has 0 bridgehead atoms. The molecule has 0 aliphatic rings. The lowest BCUT2D eigenvalue weighted by Crippen LogP contribution is -2.43. The van der Waals surface area contributed by atoms with Crippen LogP contribution < -0.4 is 11.1 Å². The number of rotatable bonds is 5. The van der Waals surface area contributed by atoms with Gasteiger partial charge < -0.3 is 15.8 Å². The summed E-state index contributed by atoms with van der Waals surface area (Å²) in [4.78, 5) is 11.7. The van der Waals surface area contributed by atoms with Gasteiger partial charge in [-0.15, -0.1) is 12.4 Å². The van der Waals surface area contributed by atoms with E-state index in [-0.39, 0.29) is 24.9 Å². The molecule has 0 aromatic heterocycles. The van der Waals surface area contributed by atoms with E-state index in [1.54, 1.807) is 0 Å². The van der Waals surface area contributed by atoms with Crippen LogP contribution in [-0.2, 0) is 16.1 Å². The number of ether oxygens (including phenoxy) is 1. The second kappa shape index (κ2) is 8.15. The number of nitrogens with two attached hydrogens (primary N) is 1. The molecule has 0 saturated heterocycles. The van der Waals surface area contributed by atoms with Gasteiger partial charge in [0.25, 0.3) is 0 Å². The van der Waals surface area contributed by atoms with E-state index in [1.807, 2.05) is 0 Å². The summed E-state index contributed by atoms with van der Waals surface area (Å²) in [6, 6.07) is 3.62. The zero-order valence-electron chi connectivity index (χ0n) is 11.9. The fourth-order valence-electron chi connectivity index (χ4n) is 2.05. The topological polar surface area (TPSA) is 64.3 Å². The maximum absolute atomic E-state index is 11.7. The summed E-state index contributed by atoms with van der Waals surface area (Å²) in [5.41, 5.74) is 10.4. The van der Waals surface area contributed by atoms with E-state index < -0.39 is 6.04 Å². The first-order valence-corrected chi connectivity index (χ1v) is 6.04. The van der Waals surface area contributed by atoms with Crippen LogP contribution in [0.1, 0.15) is 22.3 Å². The van der Waals surface area contributed by atoms with Crippen LogP contribution in [0.25, 0.3) is 0 Å². The van der Waals surface area contributed by atoms with Gasteiger partial charge in [0, 0.05) is 13.7 Å². The Morgan fingerprint density at radius 3 is 2.32 bits per heavy atom. The van der Waals surface area contributed by atoms with E-state index in [0.717, 1.165) is 5.56 Å². The zero-order chi connectivity index (χ0) is 13.7. The summed E-state index contributed by atoms with van der Waals surface area (Å²) < 4.78 is 4.85. The molecule has 1 unspecified atom stereocenters. The molecule has 0 spiro atoms. The number of methoxy groups -OCH3 is 1. The molecule has 3 N–H and O–H groups in total. The fraction of sp³-hybridized carbons (Fsp3) is 0.500. The van der Waals surface area contributed by atoms with E-state index in [0.29, 0.717) is 6.54 Å². The Hall–Kier alpha value is -1.10. The van der Waals surface area contributed by atoms with E-state index in [1.165, 1.54) is 23.8 Å². The number of aryl methyl sites for hydroxylation is 3. The van der Waals surface area contributed by atoms with Gasteiger partial charge in [-0.3, -0.25) is 4.79 Å². The predicted octanol–water partition coefficient (Wildman–Crippen LogP) is 1.62. The second-order valence-corrected chi connectivity index (χ2v) is 4.66. The molecule has 5 heteroatoms. The largest absolute Gasteiger partial charge is 0.383 e. The van der Waals surface area contributed by atoms with E-state index in [2.05, 4.69) is 38.2 Å². The van der Waals surface area contributed by atoms with Gasteiger partial charge in [0.05, 0.1) is 6.61 Å². The monoisotopic (exact) mass is 286 g/mol. The molecule has 0 fully saturated rings. The van der Waals surface area contributed by atoms with Crippen LogP contribution in [0.2, 0.25) is 0 Å². The first-order chi connectivity index (χ1) is 8.45. The van der Waals surface area contributed by atoms with Gasteiger partial charge in [-0.2, -0.15) is 0 Å². The normalized spacial score (nSPS) is 11.6. The Morgan fingerprint density at radius 1 is 1.32 bits per heavy atom. The van der Waals surface area contributed by atoms with Gasteiger partial charge in [0.15, 0.2) is 0 Å². The molecule has 0 radical (unpaired) electrons. The lowest BCUT2D eigenvalue weighted by atomic mass is 10.00. The van der Waals surface area contributed by atoms with Gasteiger partial charge in [0.1, 0.15) is 6.04 Å². The van der Waals surface area contributed by atoms with Gasteiger partial charge >= 0.3 is 0 Å². The van der Waals surface area contributed by atoms with Crippen molar-refractivity contribution in [3.05, 3.63) is 34.4 Å². The molecule has 4 nitrogen and oxygen atoms in total. The Kier molecular flexibility index (Phi) is 7.68. The Balaban J connectivity index is 0.00000324. The SMILES string of the molecule is COCC(N)C(=O)NCc1c(C)cc(C)cc1C.Cl. The number of hydrogen-bond acceptors (Lipinski definition) is 3. The average molecular weight is 287 g/mol. The van der Waals surface area contributed by atoms with E-state index >= 15 is 0 Å². The minimum Gasteiger partial charge on any atom is -0.383 e. The van der Waals surface area contributed by atoms with Gasteiger partial charge in [-0.25, -0.2) is 0 Å². The highest BCUT2D eigenvalue weighted by molar-refractivity contribution is 5.85. The van der Waals surface area contributed by atoms with Crippen LogP contribution in [0.15, 0.2) is 12.1 Å². The average Bonchev–Trinajstić information content (AvgIpc) is 2.27. The third-order valence-electron chi connectivity index (χ3n) is 2.96. The van der Waals surface area contributed by atoms with Crippen molar-refractivity contribution in [1.82, 2.24) is 5.32 Å². The molecule has 1 aromatic rings. The molecular weight excluding hydrogens is 264 g/mol. The Bertz CT molecular complexity index is 412. The van der Waals surface area contributed by atoms with Crippen molar-refractivity contribution in [2.45, 2.75) is 33.4 Å². The molecule has 0 aliphatic heterocycles. The number of carbonyl (C=O) groups is 1. The summed E-state index contributed by atoms with van der Waals surface area (Å²) >= 11 is 0. The maximum Gasteiger partial charge on any atom is 0.239 e. The van der Waals surface area contributed by atoms with Crippen LogP contribution in [0, 0.1) is 20.8 Å². The van der Waals surface area contributed by atoms with Crippen molar-refractivity contribution in [2.75, 3.05) is 13.7 Å². The first-order valence-electron chi connectivity index (χ1n) is 6.04. The van der Waals surface area contributed by atoms with Crippen molar-refractivity contribution in [3.63, 3.8) is 0 Å². The molecule has 0 heterocycles. The summed E-state index contributed by atoms with van der Waals surface area (Å²) in [5, 5.41) is 2.84. The van der Waals surface area contributed by atoms with Crippen LogP contribution >= 0.6 is 12.4 Å². The molecule has 1 atom stereocenters. The summed E-state index contributed by atoms with van der Waals surface area (Å²) in [5.74, 6) is -0.184. The van der Waals surface area contributed by atoms with E-state index in [4.69, 9.17) is 10.5 Å². The highest BCUT2D eigenvalue weighted by Crippen LogP contribution is 2.15. The molecule has 1 amide bonds. The van der Waals surface area contributed by atoms with Crippen molar-refractivity contribution in [2.24, 2.45) is 5.73 Å². The third-order valence-corrected chi connectivity index (χ3v) is 2.96. The van der Waals surface area contributed by atoms with Crippen molar-refractivity contribution >= 4 is 18.3 Å². The highest BCUT2D eigenvalue weighted by atomic mass is 35.5. The standard InChI is InChI=1S/C14H22N2O2.ClH/c1-9-5-10(2)12(11(3)6-9)7-16-14(17)13(15)8-18-4;/h5-6,13H,7-8,15H2,1-4H3,(H,16,17);1H. The molecule has 1 aromatic carbocycles. The predicted molar refractivity (Wildman–Crippen MR) is 79.6 cm³/mol. The number of nitrogens with one attached hydrogen (secondary N) is 1. The molecule has 19 heavy (non-hydrogen) atoms. The number of benzene rings is 1. The quantitative estimate of drug-likeness (QED) is 0.865. The van der Waals surface area contributed by atoms with E-state index in [9.17, 15) is 4.79 Å². The van der Waals surface area contributed by atoms with Gasteiger partial charge in [-0.05, 0) is 37.5 Å². The van der Waals surface area contributed by atoms with Crippen molar-refractivity contribution in [1.29, 1.82) is 0 Å². The molecule has 108 valence electrons. The van der Waals surface area contributed by atoms with Crippen LogP contribution in [-0.4, -0.2) is 25.7 Å². The van der Waals surface area contributed by atoms with Crippen LogP contribution in [0.3, 0.4) is 0 Å². The number of carbonyl (C=O) groups excluding carboxylic acids is 1. The molecule has 0 aliphatic carbocycles.